The molecule has 0 fully saturated rings. The van der Waals surface area contributed by atoms with Gasteiger partial charge in [-0.25, -0.2) is 0 Å². The fourth-order valence-electron chi connectivity index (χ4n) is 1.66. The lowest BCUT2D eigenvalue weighted by atomic mass is 10.1. The van der Waals surface area contributed by atoms with Crippen LogP contribution in [0.2, 0.25) is 0 Å². The van der Waals surface area contributed by atoms with Crippen LogP contribution in [-0.2, 0) is 6.54 Å². The molecule has 0 amide bonds. The molecule has 0 unspecified atom stereocenters. The van der Waals surface area contributed by atoms with E-state index >= 15 is 0 Å². The highest BCUT2D eigenvalue weighted by molar-refractivity contribution is 5.85. The van der Waals surface area contributed by atoms with E-state index in [1.807, 2.05) is 35.9 Å². The molecule has 0 aliphatic rings. The quantitative estimate of drug-likeness (QED) is 0.713. The van der Waals surface area contributed by atoms with Crippen molar-refractivity contribution < 1.29 is 4.79 Å². The number of aryl methyl sites for hydroxylation is 1. The van der Waals surface area contributed by atoms with Gasteiger partial charge < -0.3 is 4.57 Å². The molecule has 0 aromatic carbocycles. The Balaban J connectivity index is 2.54. The third-order valence-corrected chi connectivity index (χ3v) is 2.43. The van der Waals surface area contributed by atoms with Crippen molar-refractivity contribution in [1.82, 2.24) is 9.55 Å². The Morgan fingerprint density at radius 1 is 1.47 bits per heavy atom. The van der Waals surface area contributed by atoms with E-state index < -0.39 is 0 Å². The first-order valence-electron chi connectivity index (χ1n) is 4.91. The molecule has 0 atom stereocenters. The molecule has 0 spiro atoms. The van der Waals surface area contributed by atoms with Crippen LogP contribution in [0.1, 0.15) is 17.4 Å². The van der Waals surface area contributed by atoms with E-state index in [9.17, 15) is 4.79 Å². The first kappa shape index (κ1) is 9.65. The number of pyridine rings is 1. The van der Waals surface area contributed by atoms with Crippen molar-refractivity contribution >= 4 is 6.29 Å². The van der Waals surface area contributed by atoms with Gasteiger partial charge in [-0.15, -0.1) is 0 Å². The van der Waals surface area contributed by atoms with Crippen molar-refractivity contribution in [3.8, 4) is 11.1 Å². The largest absolute Gasteiger partial charge is 0.345 e. The molecule has 0 aliphatic carbocycles. The normalized spacial score (nSPS) is 10.2. The number of nitrogens with zero attached hydrogens (tertiary/aromatic N) is 2. The van der Waals surface area contributed by atoms with Gasteiger partial charge in [0.2, 0.25) is 0 Å². The third kappa shape index (κ3) is 1.68. The lowest BCUT2D eigenvalue weighted by Gasteiger charge is -2.02. The average Bonchev–Trinajstić information content (AvgIpc) is 2.72. The van der Waals surface area contributed by atoms with Crippen LogP contribution in [-0.4, -0.2) is 15.8 Å². The standard InChI is InChI=1S/C12H12N2O/c1-2-14-7-5-11(12(14)9-15)10-4-3-6-13-8-10/h3-9H,2H2,1H3. The highest BCUT2D eigenvalue weighted by Gasteiger charge is 2.08. The highest BCUT2D eigenvalue weighted by Crippen LogP contribution is 2.22. The molecule has 0 saturated heterocycles. The Morgan fingerprint density at radius 2 is 2.33 bits per heavy atom. The predicted molar refractivity (Wildman–Crippen MR) is 58.7 cm³/mol. The van der Waals surface area contributed by atoms with Crippen LogP contribution in [0.5, 0.6) is 0 Å². The number of aldehydes is 1. The molecule has 0 bridgehead atoms. The van der Waals surface area contributed by atoms with Gasteiger partial charge in [-0.2, -0.15) is 0 Å². The van der Waals surface area contributed by atoms with Gasteiger partial charge in [0.15, 0.2) is 6.29 Å². The minimum absolute atomic E-state index is 0.713. The SMILES string of the molecule is CCn1ccc(-c2cccnc2)c1C=O. The maximum absolute atomic E-state index is 11.0. The highest BCUT2D eigenvalue weighted by atomic mass is 16.1. The lowest BCUT2D eigenvalue weighted by molar-refractivity contribution is 0.111. The van der Waals surface area contributed by atoms with Gasteiger partial charge in [-0.05, 0) is 19.1 Å². The summed E-state index contributed by atoms with van der Waals surface area (Å²) in [5, 5.41) is 0. The molecule has 0 saturated carbocycles. The summed E-state index contributed by atoms with van der Waals surface area (Å²) in [5.74, 6) is 0. The van der Waals surface area contributed by atoms with E-state index in [2.05, 4.69) is 4.98 Å². The Morgan fingerprint density at radius 3 is 2.93 bits per heavy atom. The van der Waals surface area contributed by atoms with Gasteiger partial charge in [0, 0.05) is 36.3 Å². The summed E-state index contributed by atoms with van der Waals surface area (Å²) in [6.07, 6.45) is 6.31. The number of aromatic nitrogens is 2. The van der Waals surface area contributed by atoms with Crippen molar-refractivity contribution in [2.24, 2.45) is 0 Å². The van der Waals surface area contributed by atoms with Crippen molar-refractivity contribution in [2.45, 2.75) is 13.5 Å². The zero-order valence-corrected chi connectivity index (χ0v) is 8.55. The zero-order chi connectivity index (χ0) is 10.7. The molecule has 2 aromatic rings. The second kappa shape index (κ2) is 4.09. The molecule has 2 rings (SSSR count). The van der Waals surface area contributed by atoms with Crippen LogP contribution >= 0.6 is 0 Å². The summed E-state index contributed by atoms with van der Waals surface area (Å²) in [4.78, 5) is 15.0. The topological polar surface area (TPSA) is 34.9 Å². The van der Waals surface area contributed by atoms with E-state index in [0.29, 0.717) is 5.69 Å². The monoisotopic (exact) mass is 200 g/mol. The second-order valence-corrected chi connectivity index (χ2v) is 3.26. The molecular formula is C12H12N2O. The molecule has 3 nitrogen and oxygen atoms in total. The van der Waals surface area contributed by atoms with Crippen LogP contribution in [0.15, 0.2) is 36.8 Å². The predicted octanol–water partition coefficient (Wildman–Crippen LogP) is 2.38. The first-order valence-corrected chi connectivity index (χ1v) is 4.91. The summed E-state index contributed by atoms with van der Waals surface area (Å²) in [5.41, 5.74) is 2.64. The summed E-state index contributed by atoms with van der Waals surface area (Å²) >= 11 is 0. The lowest BCUT2D eigenvalue weighted by Crippen LogP contribution is -1.98. The second-order valence-electron chi connectivity index (χ2n) is 3.26. The van der Waals surface area contributed by atoms with E-state index in [0.717, 1.165) is 24.0 Å². The minimum Gasteiger partial charge on any atom is -0.345 e. The van der Waals surface area contributed by atoms with Gasteiger partial charge in [0.25, 0.3) is 0 Å². The van der Waals surface area contributed by atoms with Crippen LogP contribution in [0.3, 0.4) is 0 Å². The van der Waals surface area contributed by atoms with Gasteiger partial charge >= 0.3 is 0 Å². The fourth-order valence-corrected chi connectivity index (χ4v) is 1.66. The number of carbonyl (C=O) groups is 1. The number of hydrogen-bond donors (Lipinski definition) is 0. The Bertz CT molecular complexity index is 460. The van der Waals surface area contributed by atoms with E-state index in [4.69, 9.17) is 0 Å². The summed E-state index contributed by atoms with van der Waals surface area (Å²) < 4.78 is 1.93. The Labute approximate surface area is 88.4 Å². The maximum atomic E-state index is 11.0. The Hall–Kier alpha value is -1.90. The average molecular weight is 200 g/mol. The molecule has 0 radical (unpaired) electrons. The summed E-state index contributed by atoms with van der Waals surface area (Å²) in [6.45, 7) is 2.81. The van der Waals surface area contributed by atoms with Crippen LogP contribution in [0.25, 0.3) is 11.1 Å². The fraction of sp³-hybridized carbons (Fsp3) is 0.167. The Kier molecular flexibility index (Phi) is 2.63. The first-order chi connectivity index (χ1) is 7.36. The van der Waals surface area contributed by atoms with E-state index in [-0.39, 0.29) is 0 Å². The van der Waals surface area contributed by atoms with Gasteiger partial charge in [-0.1, -0.05) is 6.07 Å². The summed E-state index contributed by atoms with van der Waals surface area (Å²) in [7, 11) is 0. The van der Waals surface area contributed by atoms with Crippen molar-refractivity contribution in [2.75, 3.05) is 0 Å². The van der Waals surface area contributed by atoms with Crippen molar-refractivity contribution in [3.63, 3.8) is 0 Å². The van der Waals surface area contributed by atoms with Gasteiger partial charge in [-0.3, -0.25) is 9.78 Å². The molecule has 2 aromatic heterocycles. The molecular weight excluding hydrogens is 188 g/mol. The number of hydrogen-bond acceptors (Lipinski definition) is 2. The van der Waals surface area contributed by atoms with Crippen molar-refractivity contribution in [3.05, 3.63) is 42.5 Å². The number of rotatable bonds is 3. The van der Waals surface area contributed by atoms with Crippen LogP contribution in [0, 0.1) is 0 Å². The molecule has 3 heteroatoms. The van der Waals surface area contributed by atoms with Crippen molar-refractivity contribution in [1.29, 1.82) is 0 Å². The molecule has 76 valence electrons. The number of carbonyl (C=O) groups excluding carboxylic acids is 1. The van der Waals surface area contributed by atoms with Gasteiger partial charge in [0.1, 0.15) is 0 Å². The minimum atomic E-state index is 0.713. The zero-order valence-electron chi connectivity index (χ0n) is 8.55. The van der Waals surface area contributed by atoms with Crippen LogP contribution in [0.4, 0.5) is 0 Å². The van der Waals surface area contributed by atoms with E-state index in [1.54, 1.807) is 12.4 Å². The maximum Gasteiger partial charge on any atom is 0.167 e. The van der Waals surface area contributed by atoms with Gasteiger partial charge in [0.05, 0.1) is 5.69 Å². The molecule has 2 heterocycles. The smallest absolute Gasteiger partial charge is 0.167 e. The molecule has 0 N–H and O–H groups in total. The molecule has 0 aliphatic heterocycles. The molecule has 15 heavy (non-hydrogen) atoms. The third-order valence-electron chi connectivity index (χ3n) is 2.43. The van der Waals surface area contributed by atoms with Crippen LogP contribution < -0.4 is 0 Å². The summed E-state index contributed by atoms with van der Waals surface area (Å²) in [6, 6.07) is 5.77. The van der Waals surface area contributed by atoms with E-state index in [1.165, 1.54) is 0 Å².